The van der Waals surface area contributed by atoms with Crippen molar-refractivity contribution in [2.75, 3.05) is 19.8 Å². The molecule has 1 aromatic carbocycles. The van der Waals surface area contributed by atoms with Crippen LogP contribution in [0.5, 0.6) is 0 Å². The topological polar surface area (TPSA) is 37.4 Å². The highest BCUT2D eigenvalue weighted by molar-refractivity contribution is 7.98. The van der Waals surface area contributed by atoms with E-state index in [4.69, 9.17) is 0 Å². The zero-order valence-electron chi connectivity index (χ0n) is 11.1. The fourth-order valence-corrected chi connectivity index (χ4v) is 1.97. The first-order chi connectivity index (χ1) is 8.52. The molecule has 3 nitrogen and oxygen atoms in total. The minimum Gasteiger partial charge on any atom is -0.345 e. The maximum Gasteiger partial charge on any atom is 0.229 e. The third-order valence-corrected chi connectivity index (χ3v) is 3.46. The van der Waals surface area contributed by atoms with Gasteiger partial charge < -0.3 is 4.90 Å². The molecule has 0 spiro atoms. The summed E-state index contributed by atoms with van der Waals surface area (Å²) < 4.78 is 0. The fourth-order valence-electron chi connectivity index (χ4n) is 1.56. The number of hydrogen-bond donors (Lipinski definition) is 0. The first kappa shape index (κ1) is 14.8. The molecular weight excluding hydrogens is 246 g/mol. The van der Waals surface area contributed by atoms with E-state index >= 15 is 0 Å². The van der Waals surface area contributed by atoms with E-state index in [0.29, 0.717) is 6.54 Å². The summed E-state index contributed by atoms with van der Waals surface area (Å²) in [5.74, 6) is -0.195. The van der Waals surface area contributed by atoms with Crippen LogP contribution < -0.4 is 0 Å². The van der Waals surface area contributed by atoms with Gasteiger partial charge in [0.05, 0.1) is 6.42 Å². The van der Waals surface area contributed by atoms with Gasteiger partial charge in [-0.1, -0.05) is 12.1 Å². The van der Waals surface area contributed by atoms with Crippen molar-refractivity contribution in [3.63, 3.8) is 0 Å². The SMILES string of the molecule is CSc1ccc(CCN(C)C(=O)CC(C)=O)cc1. The van der Waals surface area contributed by atoms with Crippen molar-refractivity contribution in [3.8, 4) is 0 Å². The predicted octanol–water partition coefficient (Wildman–Crippen LogP) is 2.39. The van der Waals surface area contributed by atoms with Crippen LogP contribution in [-0.2, 0) is 16.0 Å². The van der Waals surface area contributed by atoms with Gasteiger partial charge in [0.25, 0.3) is 0 Å². The van der Waals surface area contributed by atoms with Crippen LogP contribution in [0.3, 0.4) is 0 Å². The second kappa shape index (κ2) is 7.21. The highest BCUT2D eigenvalue weighted by Crippen LogP contribution is 2.15. The molecule has 4 heteroatoms. The number of likely N-dealkylation sites (N-methyl/N-ethyl adjacent to an activating group) is 1. The van der Waals surface area contributed by atoms with Crippen LogP contribution in [0.2, 0.25) is 0 Å². The molecule has 0 aliphatic heterocycles. The molecule has 0 atom stereocenters. The second-order valence-corrected chi connectivity index (χ2v) is 5.17. The van der Waals surface area contributed by atoms with Gasteiger partial charge in [-0.25, -0.2) is 0 Å². The van der Waals surface area contributed by atoms with Crippen molar-refractivity contribution in [1.29, 1.82) is 0 Å². The van der Waals surface area contributed by atoms with Crippen LogP contribution in [0.15, 0.2) is 29.2 Å². The summed E-state index contributed by atoms with van der Waals surface area (Å²) in [5.41, 5.74) is 1.20. The van der Waals surface area contributed by atoms with Crippen molar-refractivity contribution < 1.29 is 9.59 Å². The summed E-state index contributed by atoms with van der Waals surface area (Å²) in [7, 11) is 1.74. The Labute approximate surface area is 113 Å². The Morgan fingerprint density at radius 2 is 1.83 bits per heavy atom. The van der Waals surface area contributed by atoms with Gasteiger partial charge in [-0.05, 0) is 37.3 Å². The molecule has 0 unspecified atom stereocenters. The molecule has 1 rings (SSSR count). The number of ketones is 1. The van der Waals surface area contributed by atoms with Gasteiger partial charge in [-0.2, -0.15) is 0 Å². The number of carbonyl (C=O) groups is 2. The molecule has 0 bridgehead atoms. The number of carbonyl (C=O) groups excluding carboxylic acids is 2. The zero-order chi connectivity index (χ0) is 13.5. The van der Waals surface area contributed by atoms with E-state index < -0.39 is 0 Å². The van der Waals surface area contributed by atoms with Crippen molar-refractivity contribution in [3.05, 3.63) is 29.8 Å². The summed E-state index contributed by atoms with van der Waals surface area (Å²) in [5, 5.41) is 0. The smallest absolute Gasteiger partial charge is 0.229 e. The van der Waals surface area contributed by atoms with Gasteiger partial charge in [0.15, 0.2) is 0 Å². The first-order valence-electron chi connectivity index (χ1n) is 5.89. The lowest BCUT2D eigenvalue weighted by Crippen LogP contribution is -2.29. The summed E-state index contributed by atoms with van der Waals surface area (Å²) in [6, 6.07) is 8.32. The average Bonchev–Trinajstić information content (AvgIpc) is 2.35. The Balaban J connectivity index is 2.43. The molecule has 0 aliphatic carbocycles. The van der Waals surface area contributed by atoms with Crippen LogP contribution in [-0.4, -0.2) is 36.4 Å². The third kappa shape index (κ3) is 4.92. The largest absolute Gasteiger partial charge is 0.345 e. The lowest BCUT2D eigenvalue weighted by molar-refractivity contribution is -0.133. The highest BCUT2D eigenvalue weighted by atomic mass is 32.2. The lowest BCUT2D eigenvalue weighted by Gasteiger charge is -2.16. The molecule has 1 aromatic rings. The molecule has 18 heavy (non-hydrogen) atoms. The van der Waals surface area contributed by atoms with Crippen molar-refractivity contribution in [2.24, 2.45) is 0 Å². The Hall–Kier alpha value is -1.29. The van der Waals surface area contributed by atoms with Gasteiger partial charge in [-0.3, -0.25) is 9.59 Å². The number of nitrogens with zero attached hydrogens (tertiary/aromatic N) is 1. The number of thioether (sulfide) groups is 1. The molecule has 98 valence electrons. The minimum absolute atomic E-state index is 0.00190. The Morgan fingerprint density at radius 1 is 1.22 bits per heavy atom. The van der Waals surface area contributed by atoms with E-state index in [2.05, 4.69) is 24.3 Å². The van der Waals surface area contributed by atoms with E-state index in [-0.39, 0.29) is 18.1 Å². The molecule has 0 saturated carbocycles. The average molecular weight is 265 g/mol. The van der Waals surface area contributed by atoms with Gasteiger partial charge in [0, 0.05) is 18.5 Å². The number of rotatable bonds is 6. The second-order valence-electron chi connectivity index (χ2n) is 4.29. The maximum atomic E-state index is 11.6. The fraction of sp³-hybridized carbons (Fsp3) is 0.429. The van der Waals surface area contributed by atoms with Crippen LogP contribution in [0.1, 0.15) is 18.9 Å². The van der Waals surface area contributed by atoms with E-state index in [1.165, 1.54) is 17.4 Å². The first-order valence-corrected chi connectivity index (χ1v) is 7.11. The van der Waals surface area contributed by atoms with Crippen molar-refractivity contribution in [1.82, 2.24) is 4.90 Å². The van der Waals surface area contributed by atoms with Gasteiger partial charge >= 0.3 is 0 Å². The van der Waals surface area contributed by atoms with E-state index in [0.717, 1.165) is 6.42 Å². The third-order valence-electron chi connectivity index (χ3n) is 2.72. The summed E-state index contributed by atoms with van der Waals surface area (Å²) in [6.45, 7) is 2.08. The quantitative estimate of drug-likeness (QED) is 0.585. The molecule has 0 aromatic heterocycles. The molecule has 0 heterocycles. The highest BCUT2D eigenvalue weighted by Gasteiger charge is 2.10. The Kier molecular flexibility index (Phi) is 5.92. The summed E-state index contributed by atoms with van der Waals surface area (Å²) in [4.78, 5) is 25.3. The Morgan fingerprint density at radius 3 is 2.33 bits per heavy atom. The molecule has 0 aliphatic rings. The zero-order valence-corrected chi connectivity index (χ0v) is 11.9. The van der Waals surface area contributed by atoms with Crippen molar-refractivity contribution >= 4 is 23.5 Å². The summed E-state index contributed by atoms with van der Waals surface area (Å²) >= 11 is 1.71. The summed E-state index contributed by atoms with van der Waals surface area (Å²) in [6.07, 6.45) is 2.86. The standard InChI is InChI=1S/C14H19NO2S/c1-11(16)10-14(17)15(2)9-8-12-4-6-13(18-3)7-5-12/h4-7H,8-10H2,1-3H3. The lowest BCUT2D eigenvalue weighted by atomic mass is 10.1. The van der Waals surface area contributed by atoms with Gasteiger partial charge in [0.2, 0.25) is 5.91 Å². The van der Waals surface area contributed by atoms with Gasteiger partial charge in [-0.15, -0.1) is 11.8 Å². The van der Waals surface area contributed by atoms with Crippen LogP contribution >= 0.6 is 11.8 Å². The minimum atomic E-state index is -0.108. The number of hydrogen-bond acceptors (Lipinski definition) is 3. The van der Waals surface area contributed by atoms with Crippen LogP contribution in [0.25, 0.3) is 0 Å². The molecule has 1 amide bonds. The van der Waals surface area contributed by atoms with E-state index in [9.17, 15) is 9.59 Å². The maximum absolute atomic E-state index is 11.6. The normalized spacial score (nSPS) is 10.2. The Bertz CT molecular complexity index is 414. The number of Topliss-reactive ketones (excluding diaryl/α,β-unsaturated/α-hetero) is 1. The molecule has 0 N–H and O–H groups in total. The van der Waals surface area contributed by atoms with Gasteiger partial charge in [0.1, 0.15) is 5.78 Å². The molecular formula is C14H19NO2S. The van der Waals surface area contributed by atoms with Crippen molar-refractivity contribution in [2.45, 2.75) is 24.7 Å². The predicted molar refractivity (Wildman–Crippen MR) is 74.9 cm³/mol. The molecule has 0 saturated heterocycles. The monoisotopic (exact) mass is 265 g/mol. The molecule has 0 fully saturated rings. The van der Waals surface area contributed by atoms with Crippen LogP contribution in [0, 0.1) is 0 Å². The number of amides is 1. The molecule has 0 radical (unpaired) electrons. The van der Waals surface area contributed by atoms with E-state index in [1.54, 1.807) is 23.7 Å². The van der Waals surface area contributed by atoms with Crippen LogP contribution in [0.4, 0.5) is 0 Å². The number of benzene rings is 1. The van der Waals surface area contributed by atoms with E-state index in [1.807, 2.05) is 6.26 Å².